The zero-order valence-electron chi connectivity index (χ0n) is 18.9. The van der Waals surface area contributed by atoms with Gasteiger partial charge in [-0.2, -0.15) is 4.37 Å². The number of anilines is 2. The van der Waals surface area contributed by atoms with Crippen molar-refractivity contribution in [3.63, 3.8) is 0 Å². The molecule has 0 saturated heterocycles. The van der Waals surface area contributed by atoms with Crippen LogP contribution in [0.25, 0.3) is 0 Å². The van der Waals surface area contributed by atoms with Crippen LogP contribution >= 0.6 is 11.5 Å². The van der Waals surface area contributed by atoms with E-state index in [9.17, 15) is 14.4 Å². The summed E-state index contributed by atoms with van der Waals surface area (Å²) >= 11 is 0.778. The zero-order chi connectivity index (χ0) is 23.8. The number of hydrogen-bond acceptors (Lipinski definition) is 7. The van der Waals surface area contributed by atoms with E-state index in [1.54, 1.807) is 24.3 Å². The average Bonchev–Trinajstić information content (AvgIpc) is 3.14. The Morgan fingerprint density at radius 1 is 1.22 bits per heavy atom. The standard InChI is InChI=1S/C22H31N5O4S/c1-5-8-15(21(29)25-12-11-13(2)3)27(14-9-6-7-10-16(14)31-4)22(30)19-17(23)18(20(24)28)26-32-19/h6-7,9-10,13,15H,5,8,11-12,23H2,1-4H3,(H2,24,28)(H,25,29). The molecule has 0 bridgehead atoms. The maximum atomic E-state index is 13.7. The first-order valence-corrected chi connectivity index (χ1v) is 11.3. The van der Waals surface area contributed by atoms with Crippen molar-refractivity contribution in [2.24, 2.45) is 11.7 Å². The van der Waals surface area contributed by atoms with Crippen LogP contribution < -0.4 is 26.4 Å². The zero-order valence-corrected chi connectivity index (χ0v) is 19.7. The molecule has 32 heavy (non-hydrogen) atoms. The van der Waals surface area contributed by atoms with Gasteiger partial charge in [-0.05, 0) is 42.4 Å². The molecule has 0 aliphatic carbocycles. The van der Waals surface area contributed by atoms with Crippen molar-refractivity contribution in [1.82, 2.24) is 9.69 Å². The molecule has 1 atom stereocenters. The van der Waals surface area contributed by atoms with Gasteiger partial charge in [-0.3, -0.25) is 19.3 Å². The lowest BCUT2D eigenvalue weighted by Crippen LogP contribution is -2.50. The van der Waals surface area contributed by atoms with E-state index in [0.29, 0.717) is 36.7 Å². The Bertz CT molecular complexity index is 960. The molecule has 10 heteroatoms. The molecule has 0 radical (unpaired) electrons. The van der Waals surface area contributed by atoms with Gasteiger partial charge in [0.05, 0.1) is 18.5 Å². The van der Waals surface area contributed by atoms with Gasteiger partial charge in [0, 0.05) is 6.54 Å². The molecule has 9 nitrogen and oxygen atoms in total. The van der Waals surface area contributed by atoms with Crippen molar-refractivity contribution >= 4 is 40.6 Å². The number of ether oxygens (including phenoxy) is 1. The summed E-state index contributed by atoms with van der Waals surface area (Å²) in [5, 5.41) is 2.94. The highest BCUT2D eigenvalue weighted by atomic mass is 32.1. The third-order valence-corrected chi connectivity index (χ3v) is 5.77. The number of nitrogens with zero attached hydrogens (tertiary/aromatic N) is 2. The van der Waals surface area contributed by atoms with E-state index in [4.69, 9.17) is 16.2 Å². The first-order chi connectivity index (χ1) is 15.2. The summed E-state index contributed by atoms with van der Waals surface area (Å²) in [6, 6.07) is 6.12. The van der Waals surface area contributed by atoms with Crippen molar-refractivity contribution in [3.8, 4) is 5.75 Å². The Labute approximate surface area is 192 Å². The lowest BCUT2D eigenvalue weighted by atomic mass is 10.1. The average molecular weight is 462 g/mol. The number of nitrogens with one attached hydrogen (secondary N) is 1. The quantitative estimate of drug-likeness (QED) is 0.470. The summed E-state index contributed by atoms with van der Waals surface area (Å²) in [4.78, 5) is 39.9. The highest BCUT2D eigenvalue weighted by molar-refractivity contribution is 7.09. The second-order valence-corrected chi connectivity index (χ2v) is 8.54. The molecule has 3 amide bonds. The van der Waals surface area contributed by atoms with E-state index in [0.717, 1.165) is 18.0 Å². The third-order valence-electron chi connectivity index (χ3n) is 4.92. The Kier molecular flexibility index (Phi) is 9.01. The number of para-hydroxylation sites is 2. The summed E-state index contributed by atoms with van der Waals surface area (Å²) in [6.45, 7) is 6.58. The molecule has 2 rings (SSSR count). The van der Waals surface area contributed by atoms with Gasteiger partial charge in [0.1, 0.15) is 16.7 Å². The van der Waals surface area contributed by atoms with Gasteiger partial charge >= 0.3 is 0 Å². The van der Waals surface area contributed by atoms with Crippen LogP contribution in [-0.2, 0) is 4.79 Å². The van der Waals surface area contributed by atoms with Crippen LogP contribution in [0.2, 0.25) is 0 Å². The summed E-state index contributed by atoms with van der Waals surface area (Å²) in [6.07, 6.45) is 1.89. The summed E-state index contributed by atoms with van der Waals surface area (Å²) in [7, 11) is 1.49. The Hall–Kier alpha value is -3.14. The van der Waals surface area contributed by atoms with E-state index in [1.807, 2.05) is 6.92 Å². The van der Waals surface area contributed by atoms with Crippen LogP contribution in [0.15, 0.2) is 24.3 Å². The molecule has 1 aromatic heterocycles. The molecule has 5 N–H and O–H groups in total. The minimum absolute atomic E-state index is 0.0424. The predicted octanol–water partition coefficient (Wildman–Crippen LogP) is 2.81. The van der Waals surface area contributed by atoms with Crippen LogP contribution in [-0.4, -0.2) is 41.8 Å². The Morgan fingerprint density at radius 2 is 1.91 bits per heavy atom. The molecule has 1 aromatic carbocycles. The van der Waals surface area contributed by atoms with Gasteiger partial charge in [-0.25, -0.2) is 0 Å². The summed E-state index contributed by atoms with van der Waals surface area (Å²) in [5.41, 5.74) is 11.5. The highest BCUT2D eigenvalue weighted by Crippen LogP contribution is 2.34. The van der Waals surface area contributed by atoms with Crippen molar-refractivity contribution in [2.45, 2.75) is 46.1 Å². The number of benzene rings is 1. The molecular weight excluding hydrogens is 430 g/mol. The molecule has 1 heterocycles. The van der Waals surface area contributed by atoms with Crippen molar-refractivity contribution < 1.29 is 19.1 Å². The first kappa shape index (κ1) is 25.1. The number of methoxy groups -OCH3 is 1. The molecule has 0 spiro atoms. The monoisotopic (exact) mass is 461 g/mol. The molecule has 2 aromatic rings. The van der Waals surface area contributed by atoms with Crippen molar-refractivity contribution in [2.75, 3.05) is 24.3 Å². The Morgan fingerprint density at radius 3 is 2.47 bits per heavy atom. The minimum Gasteiger partial charge on any atom is -0.495 e. The number of rotatable bonds is 11. The van der Waals surface area contributed by atoms with Crippen LogP contribution in [0.4, 0.5) is 11.4 Å². The van der Waals surface area contributed by atoms with E-state index < -0.39 is 17.9 Å². The van der Waals surface area contributed by atoms with Crippen LogP contribution in [0.5, 0.6) is 5.75 Å². The van der Waals surface area contributed by atoms with Gasteiger partial charge in [0.15, 0.2) is 5.69 Å². The lowest BCUT2D eigenvalue weighted by Gasteiger charge is -2.31. The van der Waals surface area contributed by atoms with E-state index in [2.05, 4.69) is 23.5 Å². The largest absolute Gasteiger partial charge is 0.495 e. The summed E-state index contributed by atoms with van der Waals surface area (Å²) in [5.74, 6) is -0.788. The summed E-state index contributed by atoms with van der Waals surface area (Å²) < 4.78 is 9.40. The Balaban J connectivity index is 2.55. The number of carbonyl (C=O) groups excluding carboxylic acids is 3. The number of hydrogen-bond donors (Lipinski definition) is 3. The molecule has 0 aliphatic heterocycles. The highest BCUT2D eigenvalue weighted by Gasteiger charge is 2.35. The topological polar surface area (TPSA) is 141 Å². The lowest BCUT2D eigenvalue weighted by molar-refractivity contribution is -0.122. The maximum absolute atomic E-state index is 13.7. The number of nitrogens with two attached hydrogens (primary N) is 2. The van der Waals surface area contributed by atoms with Crippen LogP contribution in [0.1, 0.15) is 60.2 Å². The van der Waals surface area contributed by atoms with Gasteiger partial charge in [-0.15, -0.1) is 0 Å². The number of aromatic nitrogens is 1. The fraction of sp³-hybridized carbons (Fsp3) is 0.455. The second-order valence-electron chi connectivity index (χ2n) is 7.76. The SMILES string of the molecule is CCCC(C(=O)NCCC(C)C)N(C(=O)c1snc(C(N)=O)c1N)c1ccccc1OC. The van der Waals surface area contributed by atoms with Gasteiger partial charge in [0.25, 0.3) is 11.8 Å². The van der Waals surface area contributed by atoms with Gasteiger partial charge < -0.3 is 21.5 Å². The molecule has 0 aliphatic rings. The van der Waals surface area contributed by atoms with E-state index in [-0.39, 0.29) is 22.2 Å². The predicted molar refractivity (Wildman–Crippen MR) is 126 cm³/mol. The van der Waals surface area contributed by atoms with E-state index in [1.165, 1.54) is 12.0 Å². The molecule has 1 unspecified atom stereocenters. The van der Waals surface area contributed by atoms with Crippen LogP contribution in [0, 0.1) is 5.92 Å². The number of nitrogen functional groups attached to an aromatic ring is 1. The molecule has 0 saturated carbocycles. The van der Waals surface area contributed by atoms with E-state index >= 15 is 0 Å². The normalized spacial score (nSPS) is 11.8. The number of amides is 3. The van der Waals surface area contributed by atoms with Crippen molar-refractivity contribution in [3.05, 3.63) is 34.8 Å². The smallest absolute Gasteiger partial charge is 0.272 e. The molecule has 174 valence electrons. The first-order valence-electron chi connectivity index (χ1n) is 10.5. The van der Waals surface area contributed by atoms with Crippen molar-refractivity contribution in [1.29, 1.82) is 0 Å². The maximum Gasteiger partial charge on any atom is 0.272 e. The molecular formula is C22H31N5O4S. The van der Waals surface area contributed by atoms with Gasteiger partial charge in [-0.1, -0.05) is 39.3 Å². The molecule has 0 fully saturated rings. The number of primary amides is 1. The number of carbonyl (C=O) groups is 3. The minimum atomic E-state index is -0.821. The van der Waals surface area contributed by atoms with Gasteiger partial charge in [0.2, 0.25) is 5.91 Å². The fourth-order valence-corrected chi connectivity index (χ4v) is 3.98. The van der Waals surface area contributed by atoms with Crippen LogP contribution in [0.3, 0.4) is 0 Å². The fourth-order valence-electron chi connectivity index (χ4n) is 3.24. The second kappa shape index (κ2) is 11.5. The third kappa shape index (κ3) is 5.76.